The van der Waals surface area contributed by atoms with E-state index >= 15 is 0 Å². The molecule has 3 nitrogen and oxygen atoms in total. The molecule has 4 fully saturated rings. The van der Waals surface area contributed by atoms with Crippen molar-refractivity contribution >= 4 is 15.9 Å². The summed E-state index contributed by atoms with van der Waals surface area (Å²) in [6.07, 6.45) is 12.1. The Hall–Kier alpha value is -0.380. The smallest absolute Gasteiger partial charge is 0.0835 e. The zero-order chi connectivity index (χ0) is 12.9. The van der Waals surface area contributed by atoms with Crippen LogP contribution in [0.25, 0.3) is 0 Å². The monoisotopic (exact) mass is 323 g/mol. The zero-order valence-electron chi connectivity index (χ0n) is 11.4. The topological polar surface area (TPSA) is 30.7 Å². The summed E-state index contributed by atoms with van der Waals surface area (Å²) in [7, 11) is 0. The molecule has 1 aromatic rings. The van der Waals surface area contributed by atoms with Crippen molar-refractivity contribution in [2.45, 2.75) is 51.5 Å². The van der Waals surface area contributed by atoms with Crippen LogP contribution in [0.4, 0.5) is 0 Å². The molecule has 0 spiro atoms. The van der Waals surface area contributed by atoms with Crippen LogP contribution in [0.1, 0.15) is 44.2 Å². The van der Waals surface area contributed by atoms with Crippen molar-refractivity contribution in [3.63, 3.8) is 0 Å². The summed E-state index contributed by atoms with van der Waals surface area (Å²) in [5.74, 6) is 3.07. The predicted octanol–water partition coefficient (Wildman–Crippen LogP) is 3.43. The molecule has 4 aliphatic carbocycles. The molecule has 104 valence electrons. The third-order valence-electron chi connectivity index (χ3n) is 5.60. The molecule has 0 unspecified atom stereocenters. The normalized spacial score (nSPS) is 39.9. The quantitative estimate of drug-likeness (QED) is 0.795. The van der Waals surface area contributed by atoms with Gasteiger partial charge < -0.3 is 0 Å². The van der Waals surface area contributed by atoms with E-state index < -0.39 is 0 Å². The lowest BCUT2D eigenvalue weighted by Gasteiger charge is -2.56. The number of aromatic nitrogens is 3. The Morgan fingerprint density at radius 2 is 1.79 bits per heavy atom. The average Bonchev–Trinajstić information content (AvgIpc) is 2.74. The number of aryl methyl sites for hydroxylation is 1. The van der Waals surface area contributed by atoms with E-state index in [2.05, 4.69) is 37.1 Å². The molecule has 0 N–H and O–H groups in total. The highest BCUT2D eigenvalue weighted by Crippen LogP contribution is 2.60. The highest BCUT2D eigenvalue weighted by Gasteiger charge is 2.51. The summed E-state index contributed by atoms with van der Waals surface area (Å²) in [6.45, 7) is 1.12. The zero-order valence-corrected chi connectivity index (χ0v) is 13.0. The van der Waals surface area contributed by atoms with Gasteiger partial charge in [0.15, 0.2) is 0 Å². The van der Waals surface area contributed by atoms with Crippen molar-refractivity contribution in [3.05, 3.63) is 11.9 Å². The summed E-state index contributed by atoms with van der Waals surface area (Å²) in [5, 5.41) is 9.62. The molecule has 0 atom stereocenters. The van der Waals surface area contributed by atoms with Crippen LogP contribution in [0, 0.1) is 23.2 Å². The highest BCUT2D eigenvalue weighted by atomic mass is 79.9. The Balaban J connectivity index is 1.52. The lowest BCUT2D eigenvalue weighted by Crippen LogP contribution is -2.48. The third kappa shape index (κ3) is 2.26. The molecule has 4 bridgehead atoms. The number of halogens is 1. The lowest BCUT2D eigenvalue weighted by atomic mass is 9.49. The first-order valence-corrected chi connectivity index (χ1v) is 8.82. The van der Waals surface area contributed by atoms with E-state index in [0.717, 1.165) is 41.7 Å². The van der Waals surface area contributed by atoms with Gasteiger partial charge in [0.25, 0.3) is 0 Å². The van der Waals surface area contributed by atoms with Gasteiger partial charge in [-0.3, -0.25) is 4.68 Å². The molecule has 4 heteroatoms. The van der Waals surface area contributed by atoms with Gasteiger partial charge in [-0.2, -0.15) is 0 Å². The van der Waals surface area contributed by atoms with Crippen LogP contribution >= 0.6 is 15.9 Å². The van der Waals surface area contributed by atoms with Crippen LogP contribution in [0.15, 0.2) is 6.20 Å². The van der Waals surface area contributed by atoms with Crippen molar-refractivity contribution in [1.29, 1.82) is 0 Å². The third-order valence-corrected chi connectivity index (χ3v) is 6.00. The molecule has 4 saturated carbocycles. The van der Waals surface area contributed by atoms with Crippen molar-refractivity contribution in [2.24, 2.45) is 23.2 Å². The minimum Gasteiger partial charge on any atom is -0.252 e. The number of hydrogen-bond acceptors (Lipinski definition) is 2. The van der Waals surface area contributed by atoms with Crippen LogP contribution < -0.4 is 0 Å². The van der Waals surface area contributed by atoms with Gasteiger partial charge in [-0.05, 0) is 61.7 Å². The second kappa shape index (κ2) is 4.57. The van der Waals surface area contributed by atoms with E-state index in [0.29, 0.717) is 5.41 Å². The average molecular weight is 324 g/mol. The van der Waals surface area contributed by atoms with Gasteiger partial charge in [0.05, 0.1) is 5.69 Å². The summed E-state index contributed by atoms with van der Waals surface area (Å²) >= 11 is 3.47. The van der Waals surface area contributed by atoms with E-state index in [1.165, 1.54) is 38.5 Å². The fourth-order valence-electron chi connectivity index (χ4n) is 5.45. The SMILES string of the molecule is BrCCc1cn(CC23CC4CC(CC(C4)C2)C3)nn1. The van der Waals surface area contributed by atoms with Crippen molar-refractivity contribution in [3.8, 4) is 0 Å². The Labute approximate surface area is 123 Å². The van der Waals surface area contributed by atoms with E-state index in [9.17, 15) is 0 Å². The fourth-order valence-corrected chi connectivity index (χ4v) is 5.86. The van der Waals surface area contributed by atoms with Gasteiger partial charge in [0.1, 0.15) is 0 Å². The van der Waals surface area contributed by atoms with Crippen LogP contribution in [0.3, 0.4) is 0 Å². The van der Waals surface area contributed by atoms with Gasteiger partial charge in [-0.15, -0.1) is 5.10 Å². The molecule has 1 aromatic heterocycles. The predicted molar refractivity (Wildman–Crippen MR) is 78.1 cm³/mol. The van der Waals surface area contributed by atoms with Gasteiger partial charge in [0, 0.05) is 24.5 Å². The maximum absolute atomic E-state index is 4.36. The van der Waals surface area contributed by atoms with Crippen molar-refractivity contribution < 1.29 is 0 Å². The van der Waals surface area contributed by atoms with Crippen molar-refractivity contribution in [1.82, 2.24) is 15.0 Å². The molecule has 0 radical (unpaired) electrons. The number of hydrogen-bond donors (Lipinski definition) is 0. The Morgan fingerprint density at radius 1 is 1.16 bits per heavy atom. The van der Waals surface area contributed by atoms with Gasteiger partial charge in [0.2, 0.25) is 0 Å². The largest absolute Gasteiger partial charge is 0.252 e. The van der Waals surface area contributed by atoms with E-state index in [4.69, 9.17) is 0 Å². The summed E-state index contributed by atoms with van der Waals surface area (Å²) < 4.78 is 2.13. The van der Waals surface area contributed by atoms with E-state index in [1.807, 2.05) is 0 Å². The van der Waals surface area contributed by atoms with Crippen LogP contribution in [-0.4, -0.2) is 20.3 Å². The molecule has 0 aliphatic heterocycles. The van der Waals surface area contributed by atoms with Crippen LogP contribution in [0.2, 0.25) is 0 Å². The molecule has 19 heavy (non-hydrogen) atoms. The molecule has 0 saturated heterocycles. The fraction of sp³-hybridized carbons (Fsp3) is 0.867. The number of nitrogens with zero attached hydrogens (tertiary/aromatic N) is 3. The van der Waals surface area contributed by atoms with Crippen LogP contribution in [-0.2, 0) is 13.0 Å². The molecule has 5 rings (SSSR count). The molecule has 0 aromatic carbocycles. The first-order valence-electron chi connectivity index (χ1n) is 7.70. The summed E-state index contributed by atoms with van der Waals surface area (Å²) in [4.78, 5) is 0. The standard InChI is InChI=1S/C15H22BrN3/c16-2-1-14-9-19(18-17-14)10-15-6-11-3-12(7-15)5-13(4-11)8-15/h9,11-13H,1-8,10H2. The Bertz CT molecular complexity index is 432. The highest BCUT2D eigenvalue weighted by molar-refractivity contribution is 9.09. The van der Waals surface area contributed by atoms with Gasteiger partial charge in [-0.1, -0.05) is 21.1 Å². The first-order chi connectivity index (χ1) is 9.25. The maximum Gasteiger partial charge on any atom is 0.0835 e. The Morgan fingerprint density at radius 3 is 2.37 bits per heavy atom. The summed E-state index contributed by atoms with van der Waals surface area (Å²) in [5.41, 5.74) is 1.69. The molecule has 1 heterocycles. The second-order valence-electron chi connectivity index (χ2n) is 7.26. The minimum atomic E-state index is 0.564. The molecule has 4 aliphatic rings. The second-order valence-corrected chi connectivity index (χ2v) is 8.06. The molecule has 0 amide bonds. The van der Waals surface area contributed by atoms with Gasteiger partial charge in [-0.25, -0.2) is 0 Å². The Kier molecular flexibility index (Phi) is 2.98. The minimum absolute atomic E-state index is 0.564. The van der Waals surface area contributed by atoms with E-state index in [1.54, 1.807) is 0 Å². The van der Waals surface area contributed by atoms with Gasteiger partial charge >= 0.3 is 0 Å². The lowest BCUT2D eigenvalue weighted by molar-refractivity contribution is -0.0637. The number of rotatable bonds is 4. The molecular weight excluding hydrogens is 302 g/mol. The van der Waals surface area contributed by atoms with Crippen LogP contribution in [0.5, 0.6) is 0 Å². The van der Waals surface area contributed by atoms with Crippen molar-refractivity contribution in [2.75, 3.05) is 5.33 Å². The van der Waals surface area contributed by atoms with E-state index in [-0.39, 0.29) is 0 Å². The summed E-state index contributed by atoms with van der Waals surface area (Å²) in [6, 6.07) is 0. The first kappa shape index (κ1) is 12.4. The molecular formula is C15H22BrN3. The maximum atomic E-state index is 4.36. The number of alkyl halides is 1.